The molecule has 1 saturated heterocycles. The van der Waals surface area contributed by atoms with E-state index in [-0.39, 0.29) is 44.4 Å². The van der Waals surface area contributed by atoms with Crippen molar-refractivity contribution in [3.8, 4) is 0 Å². The number of alkyl carbamates (subject to hydrolysis) is 1. The lowest BCUT2D eigenvalue weighted by molar-refractivity contribution is -0.132. The highest BCUT2D eigenvalue weighted by molar-refractivity contribution is 7.13. The van der Waals surface area contributed by atoms with Crippen LogP contribution in [-0.2, 0) is 31.8 Å². The van der Waals surface area contributed by atoms with E-state index >= 15 is 0 Å². The minimum atomic E-state index is -0.555. The zero-order valence-corrected chi connectivity index (χ0v) is 33.1. The van der Waals surface area contributed by atoms with Gasteiger partial charge in [0.1, 0.15) is 18.2 Å². The molecular formula is C37H50ClN9O6S. The lowest BCUT2D eigenvalue weighted by Crippen LogP contribution is -2.51. The van der Waals surface area contributed by atoms with E-state index < -0.39 is 11.8 Å². The van der Waals surface area contributed by atoms with Gasteiger partial charge in [0.2, 0.25) is 5.91 Å². The first kappa shape index (κ1) is 41.1. The fraction of sp³-hybridized carbons (Fsp3) is 0.568. The number of thiazole rings is 1. The normalized spacial score (nSPS) is 14.9. The molecule has 2 aliphatic heterocycles. The highest BCUT2D eigenvalue weighted by atomic mass is 35.5. The summed E-state index contributed by atoms with van der Waals surface area (Å²) in [7, 11) is 0. The first-order valence-corrected chi connectivity index (χ1v) is 19.5. The largest absolute Gasteiger partial charge is 0.447 e. The molecule has 0 aliphatic carbocycles. The van der Waals surface area contributed by atoms with Gasteiger partial charge < -0.3 is 29.3 Å². The number of Topliss-reactive ketones (excluding diaryl/α,β-unsaturated/α-hetero) is 1. The summed E-state index contributed by atoms with van der Waals surface area (Å²) in [6.45, 7) is 13.7. The van der Waals surface area contributed by atoms with E-state index in [1.54, 1.807) is 17.2 Å². The van der Waals surface area contributed by atoms with E-state index in [1.807, 2.05) is 45.9 Å². The number of halogens is 1. The Morgan fingerprint density at radius 3 is 2.52 bits per heavy atom. The summed E-state index contributed by atoms with van der Waals surface area (Å²) < 4.78 is 15.7. The van der Waals surface area contributed by atoms with Crippen LogP contribution >= 0.6 is 22.9 Å². The maximum atomic E-state index is 13.5. The summed E-state index contributed by atoms with van der Waals surface area (Å²) in [4.78, 5) is 59.3. The molecule has 0 unspecified atom stereocenters. The van der Waals surface area contributed by atoms with Crippen molar-refractivity contribution < 1.29 is 28.6 Å². The van der Waals surface area contributed by atoms with Crippen molar-refractivity contribution in [1.29, 1.82) is 0 Å². The minimum absolute atomic E-state index is 0.0135. The quantitative estimate of drug-likeness (QED) is 0.119. The molecule has 1 fully saturated rings. The van der Waals surface area contributed by atoms with Crippen LogP contribution in [-0.4, -0.2) is 134 Å². The van der Waals surface area contributed by atoms with Crippen LogP contribution in [0.2, 0.25) is 5.02 Å². The van der Waals surface area contributed by atoms with Gasteiger partial charge in [-0.3, -0.25) is 14.5 Å². The number of ether oxygens (including phenoxy) is 3. The Morgan fingerprint density at radius 2 is 1.78 bits per heavy atom. The van der Waals surface area contributed by atoms with Crippen LogP contribution in [0.5, 0.6) is 0 Å². The van der Waals surface area contributed by atoms with Crippen molar-refractivity contribution in [2.45, 2.75) is 52.6 Å². The van der Waals surface area contributed by atoms with Gasteiger partial charge in [0.05, 0.1) is 41.9 Å². The van der Waals surface area contributed by atoms with Gasteiger partial charge in [-0.1, -0.05) is 23.7 Å². The second kappa shape index (κ2) is 20.0. The van der Waals surface area contributed by atoms with Gasteiger partial charge >= 0.3 is 6.09 Å². The number of carbonyl (C=O) groups excluding carboxylic acids is 3. The first-order chi connectivity index (χ1) is 26.0. The number of piperazine rings is 1. The number of nitrogens with one attached hydrogen (secondary N) is 1. The number of hydrogen-bond donors (Lipinski definition) is 1. The molecule has 0 bridgehead atoms. The summed E-state index contributed by atoms with van der Waals surface area (Å²) in [5.41, 5.74) is 2.21. The summed E-state index contributed by atoms with van der Waals surface area (Å²) in [5, 5.41) is 12.3. The molecular weight excluding hydrogens is 734 g/mol. The van der Waals surface area contributed by atoms with Crippen LogP contribution in [0.3, 0.4) is 0 Å². The Morgan fingerprint density at radius 1 is 1.02 bits per heavy atom. The third-order valence-corrected chi connectivity index (χ3v) is 10.5. The maximum Gasteiger partial charge on any atom is 0.407 e. The van der Waals surface area contributed by atoms with Crippen LogP contribution in [0.4, 0.5) is 10.6 Å². The SMILES string of the molecule is CCOCCOCCOC(=O)NCCN(CCC1(C)N=N1)C(=O)CN1CCN(c2cc(Cc3ncc(C(=O)Cc4c(C)cccc4Cl)s3)nc(C)n2)CC1. The van der Waals surface area contributed by atoms with Crippen LogP contribution < -0.4 is 10.2 Å². The van der Waals surface area contributed by atoms with Gasteiger partial charge in [0.25, 0.3) is 0 Å². The minimum Gasteiger partial charge on any atom is -0.447 e. The number of amides is 2. The van der Waals surface area contributed by atoms with Crippen molar-refractivity contribution in [1.82, 2.24) is 30.1 Å². The standard InChI is InChI=1S/C37H50ClN9O6S/c1-5-51-17-18-52-19-20-53-36(50)39-10-12-47(11-9-37(4)43-44-37)35(49)25-45-13-15-46(16-14-45)33-21-28(41-27(3)42-33)22-34-40-24-32(54-34)31(48)23-29-26(2)7-6-8-30(29)38/h6-8,21,24H,5,9-20,22-23,25H2,1-4H3,(H,39,50). The van der Waals surface area contributed by atoms with E-state index in [1.165, 1.54) is 11.3 Å². The van der Waals surface area contributed by atoms with E-state index in [2.05, 4.69) is 35.3 Å². The average molecular weight is 784 g/mol. The number of ketones is 1. The Hall–Kier alpha value is -4.09. The van der Waals surface area contributed by atoms with Crippen molar-refractivity contribution >= 4 is 46.5 Å². The molecule has 54 heavy (non-hydrogen) atoms. The first-order valence-electron chi connectivity index (χ1n) is 18.3. The molecule has 2 aliphatic rings. The number of hydrogen-bond acceptors (Lipinski definition) is 14. The van der Waals surface area contributed by atoms with Crippen molar-refractivity contribution in [3.05, 3.63) is 68.0 Å². The van der Waals surface area contributed by atoms with Gasteiger partial charge in [-0.15, -0.1) is 11.3 Å². The van der Waals surface area contributed by atoms with Gasteiger partial charge in [0, 0.05) is 89.0 Å². The van der Waals surface area contributed by atoms with E-state index in [0.29, 0.717) is 87.7 Å². The smallest absolute Gasteiger partial charge is 0.407 e. The van der Waals surface area contributed by atoms with Crippen molar-refractivity contribution in [3.63, 3.8) is 0 Å². The molecule has 17 heteroatoms. The highest BCUT2D eigenvalue weighted by Crippen LogP contribution is 2.31. The fourth-order valence-corrected chi connectivity index (χ4v) is 7.06. The number of benzene rings is 1. The molecule has 3 aromatic rings. The van der Waals surface area contributed by atoms with Crippen LogP contribution in [0, 0.1) is 13.8 Å². The molecule has 1 aromatic carbocycles. The number of anilines is 1. The second-order valence-corrected chi connectivity index (χ2v) is 14.9. The Balaban J connectivity index is 1.08. The number of aryl methyl sites for hydroxylation is 2. The third kappa shape index (κ3) is 12.8. The molecule has 1 N–H and O–H groups in total. The molecule has 0 saturated carbocycles. The number of nitrogens with zero attached hydrogens (tertiary/aromatic N) is 8. The summed E-state index contributed by atoms with van der Waals surface area (Å²) in [6.07, 6.45) is 2.41. The van der Waals surface area contributed by atoms with Crippen LogP contribution in [0.1, 0.15) is 57.6 Å². The molecule has 4 heterocycles. The molecule has 292 valence electrons. The average Bonchev–Trinajstić information content (AvgIpc) is 3.70. The zero-order chi connectivity index (χ0) is 38.5. The molecule has 0 atom stereocenters. The van der Waals surface area contributed by atoms with E-state index in [9.17, 15) is 14.4 Å². The summed E-state index contributed by atoms with van der Waals surface area (Å²) in [5.74, 6) is 1.45. The molecule has 5 rings (SSSR count). The zero-order valence-electron chi connectivity index (χ0n) is 31.5. The van der Waals surface area contributed by atoms with Crippen molar-refractivity contribution in [2.24, 2.45) is 10.2 Å². The molecule has 0 radical (unpaired) electrons. The summed E-state index contributed by atoms with van der Waals surface area (Å²) >= 11 is 7.74. The molecule has 0 spiro atoms. The molecule has 2 amide bonds. The molecule has 2 aromatic heterocycles. The molecule has 15 nitrogen and oxygen atoms in total. The Bertz CT molecular complexity index is 1740. The topological polar surface area (TPSA) is 164 Å². The number of aromatic nitrogens is 3. The fourth-order valence-electron chi connectivity index (χ4n) is 5.90. The lowest BCUT2D eigenvalue weighted by Gasteiger charge is -2.36. The Labute approximate surface area is 325 Å². The van der Waals surface area contributed by atoms with Crippen molar-refractivity contribution in [2.75, 3.05) is 90.3 Å². The number of rotatable bonds is 21. The van der Waals surface area contributed by atoms with Crippen LogP contribution in [0.25, 0.3) is 0 Å². The van der Waals surface area contributed by atoms with E-state index in [0.717, 1.165) is 27.6 Å². The van der Waals surface area contributed by atoms with Gasteiger partial charge in [0.15, 0.2) is 11.4 Å². The van der Waals surface area contributed by atoms with Gasteiger partial charge in [-0.25, -0.2) is 19.7 Å². The van der Waals surface area contributed by atoms with Gasteiger partial charge in [-0.05, 0) is 44.9 Å². The predicted molar refractivity (Wildman–Crippen MR) is 206 cm³/mol. The second-order valence-electron chi connectivity index (χ2n) is 13.4. The predicted octanol–water partition coefficient (Wildman–Crippen LogP) is 4.52. The highest BCUT2D eigenvalue weighted by Gasteiger charge is 2.34. The third-order valence-electron chi connectivity index (χ3n) is 9.12. The summed E-state index contributed by atoms with van der Waals surface area (Å²) in [6, 6.07) is 7.62. The Kier molecular flexibility index (Phi) is 15.2. The van der Waals surface area contributed by atoms with Gasteiger partial charge in [-0.2, -0.15) is 10.2 Å². The lowest BCUT2D eigenvalue weighted by atomic mass is 10.0. The monoisotopic (exact) mass is 783 g/mol. The van der Waals surface area contributed by atoms with E-state index in [4.69, 9.17) is 30.8 Å². The maximum absolute atomic E-state index is 13.5. The number of carbonyl (C=O) groups is 3. The van der Waals surface area contributed by atoms with Crippen LogP contribution in [0.15, 0.2) is 40.7 Å².